The van der Waals surface area contributed by atoms with E-state index in [2.05, 4.69) is 4.90 Å². The number of nitrogens with zero attached hydrogens (tertiary/aromatic N) is 2. The number of amides is 2. The lowest BCUT2D eigenvalue weighted by Crippen LogP contribution is -2.42. The fraction of sp³-hybridized carbons (Fsp3) is 0.529. The van der Waals surface area contributed by atoms with E-state index in [1.54, 1.807) is 0 Å². The number of β-amino-alcohol motifs (C(OH)–C–C–N with tert-alkyl or cyclic N) is 1. The molecule has 2 amide bonds. The Morgan fingerprint density at radius 3 is 2.57 bits per heavy atom. The van der Waals surface area contributed by atoms with Gasteiger partial charge in [-0.25, -0.2) is 0 Å². The van der Waals surface area contributed by atoms with Gasteiger partial charge in [0, 0.05) is 30.5 Å². The maximum absolute atomic E-state index is 11.7. The highest BCUT2D eigenvalue weighted by atomic mass is 35.5. The van der Waals surface area contributed by atoms with Gasteiger partial charge >= 0.3 is 0 Å². The smallest absolute Gasteiger partial charge is 0.229 e. The third-order valence-corrected chi connectivity index (χ3v) is 4.97. The zero-order valence-corrected chi connectivity index (χ0v) is 13.7. The Labute approximate surface area is 140 Å². The zero-order chi connectivity index (χ0) is 16.4. The molecule has 0 aromatic heterocycles. The number of hydrogen-bond donors (Lipinski definition) is 1. The first-order chi connectivity index (χ1) is 11.1. The van der Waals surface area contributed by atoms with Gasteiger partial charge in [0.25, 0.3) is 0 Å². The minimum atomic E-state index is -0.732. The fourth-order valence-electron chi connectivity index (χ4n) is 3.51. The lowest BCUT2D eigenvalue weighted by atomic mass is 10.0. The van der Waals surface area contributed by atoms with Crippen LogP contribution in [0, 0.1) is 0 Å². The van der Waals surface area contributed by atoms with Crippen molar-refractivity contribution in [2.24, 2.45) is 0 Å². The molecule has 2 unspecified atom stereocenters. The van der Waals surface area contributed by atoms with E-state index in [1.165, 1.54) is 4.90 Å². The molecule has 2 aliphatic rings. The van der Waals surface area contributed by atoms with E-state index in [0.717, 1.165) is 30.0 Å². The summed E-state index contributed by atoms with van der Waals surface area (Å²) in [4.78, 5) is 26.7. The van der Waals surface area contributed by atoms with Crippen molar-refractivity contribution in [3.05, 3.63) is 34.9 Å². The van der Waals surface area contributed by atoms with Crippen molar-refractivity contribution in [3.8, 4) is 0 Å². The Bertz CT molecular complexity index is 591. The highest BCUT2D eigenvalue weighted by Crippen LogP contribution is 2.35. The van der Waals surface area contributed by atoms with Gasteiger partial charge in [-0.1, -0.05) is 29.8 Å². The molecule has 2 heterocycles. The highest BCUT2D eigenvalue weighted by Gasteiger charge is 2.33. The molecule has 3 rings (SSSR count). The van der Waals surface area contributed by atoms with Gasteiger partial charge in [0.1, 0.15) is 0 Å². The van der Waals surface area contributed by atoms with Crippen LogP contribution in [0.1, 0.15) is 37.3 Å². The van der Waals surface area contributed by atoms with Crippen molar-refractivity contribution in [3.63, 3.8) is 0 Å². The Morgan fingerprint density at radius 1 is 1.17 bits per heavy atom. The normalized spacial score (nSPS) is 23.7. The number of benzene rings is 1. The monoisotopic (exact) mass is 336 g/mol. The summed E-state index contributed by atoms with van der Waals surface area (Å²) in [5, 5.41) is 11.1. The molecule has 2 fully saturated rings. The van der Waals surface area contributed by atoms with Gasteiger partial charge in [0.2, 0.25) is 11.8 Å². The molecule has 0 aliphatic carbocycles. The number of carbonyl (C=O) groups excluding carboxylic acids is 2. The second kappa shape index (κ2) is 6.99. The Morgan fingerprint density at radius 2 is 1.87 bits per heavy atom. The molecule has 1 aromatic rings. The number of carbonyl (C=O) groups is 2. The van der Waals surface area contributed by atoms with Crippen LogP contribution < -0.4 is 0 Å². The van der Waals surface area contributed by atoms with Crippen LogP contribution in [0.3, 0.4) is 0 Å². The standard InChI is InChI=1S/C17H21ClN2O3/c18-14-5-2-1-4-13(14)15-6-3-9-19(15)10-12(21)11-20-16(22)7-8-17(20)23/h1-2,4-5,12,15,21H,3,6-11H2. The van der Waals surface area contributed by atoms with Crippen LogP contribution in [0.5, 0.6) is 0 Å². The second-order valence-electron chi connectivity index (χ2n) is 6.23. The molecule has 0 bridgehead atoms. The first-order valence-electron chi connectivity index (χ1n) is 8.06. The van der Waals surface area contributed by atoms with E-state index in [9.17, 15) is 14.7 Å². The quantitative estimate of drug-likeness (QED) is 0.835. The van der Waals surface area contributed by atoms with E-state index in [-0.39, 0.29) is 37.2 Å². The minimum absolute atomic E-state index is 0.0867. The summed E-state index contributed by atoms with van der Waals surface area (Å²) in [6, 6.07) is 7.96. The minimum Gasteiger partial charge on any atom is -0.390 e. The molecule has 6 heteroatoms. The predicted molar refractivity (Wildman–Crippen MR) is 87.0 cm³/mol. The Kier molecular flexibility index (Phi) is 4.99. The molecule has 1 N–H and O–H groups in total. The zero-order valence-electron chi connectivity index (χ0n) is 12.9. The summed E-state index contributed by atoms with van der Waals surface area (Å²) >= 11 is 6.30. The predicted octanol–water partition coefficient (Wildman–Crippen LogP) is 1.99. The van der Waals surface area contributed by atoms with Gasteiger partial charge < -0.3 is 5.11 Å². The number of aliphatic hydroxyl groups is 1. The fourth-order valence-corrected chi connectivity index (χ4v) is 3.77. The van der Waals surface area contributed by atoms with Gasteiger partial charge in [0.05, 0.1) is 12.6 Å². The summed E-state index contributed by atoms with van der Waals surface area (Å²) in [5.41, 5.74) is 1.08. The molecule has 2 saturated heterocycles. The Hall–Kier alpha value is -1.43. The van der Waals surface area contributed by atoms with Crippen molar-refractivity contribution >= 4 is 23.4 Å². The SMILES string of the molecule is O=C1CCC(=O)N1CC(O)CN1CCCC1c1ccccc1Cl. The van der Waals surface area contributed by atoms with E-state index in [1.807, 2.05) is 24.3 Å². The number of imide groups is 1. The van der Waals surface area contributed by atoms with E-state index in [4.69, 9.17) is 11.6 Å². The summed E-state index contributed by atoms with van der Waals surface area (Å²) in [6.07, 6.45) is 1.83. The number of hydrogen-bond acceptors (Lipinski definition) is 4. The van der Waals surface area contributed by atoms with Gasteiger partial charge in [-0.15, -0.1) is 0 Å². The Balaban J connectivity index is 1.63. The molecule has 0 saturated carbocycles. The molecular weight excluding hydrogens is 316 g/mol. The maximum Gasteiger partial charge on any atom is 0.229 e. The van der Waals surface area contributed by atoms with Crippen molar-refractivity contribution < 1.29 is 14.7 Å². The topological polar surface area (TPSA) is 60.9 Å². The molecule has 2 atom stereocenters. The molecule has 5 nitrogen and oxygen atoms in total. The summed E-state index contributed by atoms with van der Waals surface area (Å²) < 4.78 is 0. The van der Waals surface area contributed by atoms with E-state index < -0.39 is 6.10 Å². The first kappa shape index (κ1) is 16.4. The van der Waals surface area contributed by atoms with Crippen LogP contribution in [-0.2, 0) is 9.59 Å². The lowest BCUT2D eigenvalue weighted by Gasteiger charge is -2.29. The van der Waals surface area contributed by atoms with Crippen molar-refractivity contribution in [1.82, 2.24) is 9.80 Å². The maximum atomic E-state index is 11.7. The average Bonchev–Trinajstić information content (AvgIpc) is 3.09. The molecular formula is C17H21ClN2O3. The van der Waals surface area contributed by atoms with Crippen LogP contribution in [-0.4, -0.2) is 52.5 Å². The van der Waals surface area contributed by atoms with Crippen LogP contribution >= 0.6 is 11.6 Å². The molecule has 23 heavy (non-hydrogen) atoms. The van der Waals surface area contributed by atoms with Crippen molar-refractivity contribution in [2.75, 3.05) is 19.6 Å². The molecule has 0 spiro atoms. The van der Waals surface area contributed by atoms with Gasteiger partial charge in [-0.3, -0.25) is 19.4 Å². The second-order valence-corrected chi connectivity index (χ2v) is 6.63. The summed E-state index contributed by atoms with van der Waals surface area (Å²) in [7, 11) is 0. The van der Waals surface area contributed by atoms with Crippen LogP contribution in [0.2, 0.25) is 5.02 Å². The van der Waals surface area contributed by atoms with Crippen molar-refractivity contribution in [1.29, 1.82) is 0 Å². The number of aliphatic hydroxyl groups excluding tert-OH is 1. The number of rotatable bonds is 5. The van der Waals surface area contributed by atoms with Gasteiger partial charge in [-0.2, -0.15) is 0 Å². The summed E-state index contributed by atoms with van der Waals surface area (Å²) in [6.45, 7) is 1.41. The van der Waals surface area contributed by atoms with Crippen molar-refractivity contribution in [2.45, 2.75) is 37.8 Å². The highest BCUT2D eigenvalue weighted by molar-refractivity contribution is 6.31. The lowest BCUT2D eigenvalue weighted by molar-refractivity contribution is -0.140. The third kappa shape index (κ3) is 3.57. The van der Waals surface area contributed by atoms with Gasteiger partial charge in [0.15, 0.2) is 0 Å². The van der Waals surface area contributed by atoms with Crippen LogP contribution in [0.25, 0.3) is 0 Å². The molecule has 0 radical (unpaired) electrons. The largest absolute Gasteiger partial charge is 0.390 e. The third-order valence-electron chi connectivity index (χ3n) is 4.62. The first-order valence-corrected chi connectivity index (χ1v) is 8.44. The molecule has 124 valence electrons. The summed E-state index contributed by atoms with van der Waals surface area (Å²) in [5.74, 6) is -0.365. The van der Waals surface area contributed by atoms with Gasteiger partial charge in [-0.05, 0) is 31.0 Å². The molecule has 2 aliphatic heterocycles. The molecule has 1 aromatic carbocycles. The number of likely N-dealkylation sites (tertiary alicyclic amines) is 2. The number of halogens is 1. The average molecular weight is 337 g/mol. The van der Waals surface area contributed by atoms with Crippen LogP contribution in [0.4, 0.5) is 0 Å². The van der Waals surface area contributed by atoms with E-state index in [0.29, 0.717) is 6.54 Å². The van der Waals surface area contributed by atoms with Crippen LogP contribution in [0.15, 0.2) is 24.3 Å². The van der Waals surface area contributed by atoms with E-state index >= 15 is 0 Å².